The molecule has 0 unspecified atom stereocenters. The Kier molecular flexibility index (Phi) is 7.91. The van der Waals surface area contributed by atoms with Crippen molar-refractivity contribution in [2.45, 2.75) is 39.7 Å². The number of halogens is 1. The molecule has 0 amide bonds. The van der Waals surface area contributed by atoms with Gasteiger partial charge in [-0.15, -0.1) is 0 Å². The van der Waals surface area contributed by atoms with Crippen molar-refractivity contribution in [2.75, 3.05) is 23.7 Å². The van der Waals surface area contributed by atoms with E-state index < -0.39 is 0 Å². The first-order valence-electron chi connectivity index (χ1n) is 11.7. The van der Waals surface area contributed by atoms with Crippen LogP contribution in [0.4, 0.5) is 20.9 Å². The van der Waals surface area contributed by atoms with E-state index >= 15 is 0 Å². The number of rotatable bonds is 9. The molecule has 1 fully saturated rings. The summed E-state index contributed by atoms with van der Waals surface area (Å²) in [5, 5.41) is 17.0. The maximum Gasteiger partial charge on any atom is 0.189 e. The van der Waals surface area contributed by atoms with E-state index in [4.69, 9.17) is 0 Å². The first-order valence-corrected chi connectivity index (χ1v) is 12.6. The highest BCUT2D eigenvalue weighted by atomic mass is 32.1. The smallest absolute Gasteiger partial charge is 0.189 e. The van der Waals surface area contributed by atoms with Crippen LogP contribution >= 0.6 is 11.3 Å². The number of benzene rings is 1. The van der Waals surface area contributed by atoms with Gasteiger partial charge in [0.1, 0.15) is 16.6 Å². The maximum atomic E-state index is 13.9. The Morgan fingerprint density at radius 3 is 2.69 bits per heavy atom. The molecule has 8 heteroatoms. The number of anilines is 3. The molecule has 180 valence electrons. The van der Waals surface area contributed by atoms with Crippen molar-refractivity contribution in [3.05, 3.63) is 77.4 Å². The normalized spacial score (nSPS) is 15.1. The Labute approximate surface area is 209 Å². The highest BCUT2D eigenvalue weighted by molar-refractivity contribution is 7.22. The summed E-state index contributed by atoms with van der Waals surface area (Å²) < 4.78 is 14.7. The molecule has 6 nitrogen and oxygen atoms in total. The Morgan fingerprint density at radius 1 is 1.29 bits per heavy atom. The minimum Gasteiger partial charge on any atom is -0.357 e. The molecule has 1 aliphatic heterocycles. The van der Waals surface area contributed by atoms with Gasteiger partial charge in [0, 0.05) is 24.1 Å². The minimum atomic E-state index is -0.381. The van der Waals surface area contributed by atoms with Gasteiger partial charge in [-0.1, -0.05) is 37.0 Å². The third kappa shape index (κ3) is 5.94. The zero-order valence-electron chi connectivity index (χ0n) is 20.1. The van der Waals surface area contributed by atoms with Gasteiger partial charge < -0.3 is 10.6 Å². The number of hydrogen-bond acceptors (Lipinski definition) is 7. The zero-order valence-corrected chi connectivity index (χ0v) is 20.9. The first kappa shape index (κ1) is 24.6. The molecular weight excluding hydrogens is 459 g/mol. The van der Waals surface area contributed by atoms with Crippen LogP contribution in [0.15, 0.2) is 66.3 Å². The number of nitrogens with zero attached hydrogens (tertiary/aromatic N) is 4. The van der Waals surface area contributed by atoms with Crippen LogP contribution < -0.4 is 10.6 Å². The SMILES string of the molecule is C=C/C(F)=C(C)\C=C(/CC)Nc1c(C#N)cnc2nc(Nc3ccc(CN4CCCC4)cc3)sc12. The molecule has 35 heavy (non-hydrogen) atoms. The first-order chi connectivity index (χ1) is 17.0. The van der Waals surface area contributed by atoms with E-state index in [9.17, 15) is 9.65 Å². The van der Waals surface area contributed by atoms with Crippen LogP contribution in [0, 0.1) is 11.3 Å². The molecule has 0 bridgehead atoms. The van der Waals surface area contributed by atoms with Crippen LogP contribution in [-0.2, 0) is 6.54 Å². The number of nitriles is 1. The molecule has 0 atom stereocenters. The summed E-state index contributed by atoms with van der Waals surface area (Å²) in [4.78, 5) is 11.5. The highest BCUT2D eigenvalue weighted by Gasteiger charge is 2.16. The molecule has 2 aromatic heterocycles. The second kappa shape index (κ2) is 11.3. The van der Waals surface area contributed by atoms with Gasteiger partial charge in [0.05, 0.1) is 11.3 Å². The molecule has 4 rings (SSSR count). The summed E-state index contributed by atoms with van der Waals surface area (Å²) in [6.45, 7) is 10.5. The van der Waals surface area contributed by atoms with Crippen molar-refractivity contribution in [1.29, 1.82) is 5.26 Å². The summed E-state index contributed by atoms with van der Waals surface area (Å²) in [6, 6.07) is 10.6. The molecular formula is C27H29FN6S. The number of likely N-dealkylation sites (tertiary alicyclic amines) is 1. The number of allylic oxidation sites excluding steroid dienone is 5. The van der Waals surface area contributed by atoms with E-state index in [-0.39, 0.29) is 5.83 Å². The number of hydrogen-bond donors (Lipinski definition) is 2. The van der Waals surface area contributed by atoms with Crippen molar-refractivity contribution < 1.29 is 4.39 Å². The quantitative estimate of drug-likeness (QED) is 0.315. The molecule has 2 N–H and O–H groups in total. The van der Waals surface area contributed by atoms with Crippen molar-refractivity contribution in [3.63, 3.8) is 0 Å². The Balaban J connectivity index is 1.58. The summed E-state index contributed by atoms with van der Waals surface area (Å²) in [5.41, 5.74) is 5.06. The molecule has 1 saturated heterocycles. The summed E-state index contributed by atoms with van der Waals surface area (Å²) in [5.74, 6) is -0.381. The predicted octanol–water partition coefficient (Wildman–Crippen LogP) is 7.04. The van der Waals surface area contributed by atoms with Crippen molar-refractivity contribution in [2.24, 2.45) is 0 Å². The zero-order chi connectivity index (χ0) is 24.8. The Bertz CT molecular complexity index is 1310. The number of nitrogens with one attached hydrogen (secondary N) is 2. The van der Waals surface area contributed by atoms with E-state index in [2.05, 4.69) is 62.4 Å². The lowest BCUT2D eigenvalue weighted by atomic mass is 10.1. The fourth-order valence-corrected chi connectivity index (χ4v) is 4.98. The maximum absolute atomic E-state index is 13.9. The Hall–Kier alpha value is -3.54. The van der Waals surface area contributed by atoms with Crippen molar-refractivity contribution >= 4 is 38.2 Å². The number of aromatic nitrogens is 2. The molecule has 3 heterocycles. The molecule has 3 aromatic rings. The third-order valence-corrected chi connectivity index (χ3v) is 6.94. The lowest BCUT2D eigenvalue weighted by Crippen LogP contribution is -2.18. The van der Waals surface area contributed by atoms with Gasteiger partial charge in [0.25, 0.3) is 0 Å². The number of thiazole rings is 1. The average molecular weight is 489 g/mol. The van der Waals surface area contributed by atoms with Gasteiger partial charge in [-0.3, -0.25) is 4.90 Å². The van der Waals surface area contributed by atoms with Crippen LogP contribution in [0.5, 0.6) is 0 Å². The van der Waals surface area contributed by atoms with Crippen LogP contribution in [0.2, 0.25) is 0 Å². The second-order valence-electron chi connectivity index (χ2n) is 8.52. The monoisotopic (exact) mass is 488 g/mol. The van der Waals surface area contributed by atoms with Crippen molar-refractivity contribution in [1.82, 2.24) is 14.9 Å². The van der Waals surface area contributed by atoms with E-state index in [0.29, 0.717) is 34.0 Å². The number of pyridine rings is 1. The lowest BCUT2D eigenvalue weighted by molar-refractivity contribution is 0.331. The van der Waals surface area contributed by atoms with Gasteiger partial charge in [0.15, 0.2) is 10.8 Å². The minimum absolute atomic E-state index is 0.381. The highest BCUT2D eigenvalue weighted by Crippen LogP contribution is 2.35. The fourth-order valence-electron chi connectivity index (χ4n) is 4.03. The molecule has 0 saturated carbocycles. The third-order valence-electron chi connectivity index (χ3n) is 5.97. The van der Waals surface area contributed by atoms with E-state index in [1.54, 1.807) is 13.0 Å². The topological polar surface area (TPSA) is 76.9 Å². The van der Waals surface area contributed by atoms with Crippen LogP contribution in [0.3, 0.4) is 0 Å². The second-order valence-corrected chi connectivity index (χ2v) is 9.52. The van der Waals surface area contributed by atoms with E-state index in [1.807, 2.05) is 6.92 Å². The lowest BCUT2D eigenvalue weighted by Gasteiger charge is -2.14. The standard InChI is InChI=1S/C27H29FN6S/c1-4-21(14-18(3)23(28)5-2)31-24-20(15-29)16-30-26-25(24)35-27(33-26)32-22-10-8-19(9-11-22)17-34-12-6-7-13-34/h5,8-11,14,16H,2,4,6-7,12-13,17H2,1,3H3,(H2,30,31,32,33)/b21-14+,23-18+. The molecule has 1 aromatic carbocycles. The average Bonchev–Trinajstić information content (AvgIpc) is 3.54. The molecule has 1 aliphatic rings. The fraction of sp³-hybridized carbons (Fsp3) is 0.296. The van der Waals surface area contributed by atoms with Crippen molar-refractivity contribution in [3.8, 4) is 6.07 Å². The van der Waals surface area contributed by atoms with Gasteiger partial charge in [-0.2, -0.15) is 10.2 Å². The van der Waals surface area contributed by atoms with Crippen LogP contribution in [0.1, 0.15) is 44.2 Å². The number of fused-ring (bicyclic) bond motifs is 1. The van der Waals surface area contributed by atoms with E-state index in [1.165, 1.54) is 55.1 Å². The van der Waals surface area contributed by atoms with E-state index in [0.717, 1.165) is 22.6 Å². The van der Waals surface area contributed by atoms with Gasteiger partial charge in [0.2, 0.25) is 0 Å². The summed E-state index contributed by atoms with van der Waals surface area (Å²) >= 11 is 1.42. The van der Waals surface area contributed by atoms with Gasteiger partial charge in [-0.05, 0) is 74.7 Å². The molecule has 0 radical (unpaired) electrons. The molecule has 0 aliphatic carbocycles. The van der Waals surface area contributed by atoms with Gasteiger partial charge >= 0.3 is 0 Å². The largest absolute Gasteiger partial charge is 0.357 e. The predicted molar refractivity (Wildman–Crippen MR) is 142 cm³/mol. The van der Waals surface area contributed by atoms with Gasteiger partial charge in [-0.25, -0.2) is 9.37 Å². The summed E-state index contributed by atoms with van der Waals surface area (Å²) in [7, 11) is 0. The Morgan fingerprint density at radius 2 is 2.03 bits per heavy atom. The molecule has 0 spiro atoms. The summed E-state index contributed by atoms with van der Waals surface area (Å²) in [6.07, 6.45) is 7.63. The van der Waals surface area contributed by atoms with Crippen LogP contribution in [0.25, 0.3) is 10.3 Å². The van der Waals surface area contributed by atoms with Crippen LogP contribution in [-0.4, -0.2) is 28.0 Å².